The Hall–Kier alpha value is -1.69. The smallest absolute Gasteiger partial charge is 0.315 e. The number of hydrogen-bond acceptors (Lipinski definition) is 5. The molecule has 1 aliphatic rings. The van der Waals surface area contributed by atoms with Crippen LogP contribution in [0.2, 0.25) is 0 Å². The summed E-state index contributed by atoms with van der Waals surface area (Å²) in [6, 6.07) is 7.65. The number of carbonyl (C=O) groups is 2. The maximum atomic E-state index is 12.6. The van der Waals surface area contributed by atoms with E-state index in [0.29, 0.717) is 23.1 Å². The largest absolute Gasteiger partial charge is 0.468 e. The molecule has 22 heavy (non-hydrogen) atoms. The van der Waals surface area contributed by atoms with E-state index in [1.165, 1.54) is 7.11 Å². The Kier molecular flexibility index (Phi) is 5.71. The second-order valence-electron chi connectivity index (χ2n) is 5.49. The van der Waals surface area contributed by atoms with Crippen molar-refractivity contribution in [2.75, 3.05) is 44.9 Å². The van der Waals surface area contributed by atoms with Crippen molar-refractivity contribution >= 4 is 29.3 Å². The Morgan fingerprint density at radius 3 is 2.86 bits per heavy atom. The van der Waals surface area contributed by atoms with E-state index in [4.69, 9.17) is 0 Å². The third-order valence-electron chi connectivity index (χ3n) is 3.71. The molecule has 0 aromatic heterocycles. The SMILES string of the molecule is COC(=O)CSC1CCN(C(=O)c2cccc(N(C)C)c2)C1. The molecule has 0 radical (unpaired) electrons. The van der Waals surface area contributed by atoms with Crippen molar-refractivity contribution < 1.29 is 14.3 Å². The number of hydrogen-bond donors (Lipinski definition) is 0. The number of carbonyl (C=O) groups excluding carboxylic acids is 2. The molecule has 0 bridgehead atoms. The molecule has 120 valence electrons. The molecule has 0 N–H and O–H groups in total. The molecule has 1 aliphatic heterocycles. The maximum Gasteiger partial charge on any atom is 0.315 e. The zero-order chi connectivity index (χ0) is 16.1. The van der Waals surface area contributed by atoms with Crippen LogP contribution >= 0.6 is 11.8 Å². The fraction of sp³-hybridized carbons (Fsp3) is 0.500. The minimum Gasteiger partial charge on any atom is -0.468 e. The van der Waals surface area contributed by atoms with E-state index >= 15 is 0 Å². The monoisotopic (exact) mass is 322 g/mol. The van der Waals surface area contributed by atoms with Gasteiger partial charge in [-0.15, -0.1) is 11.8 Å². The number of amides is 1. The summed E-state index contributed by atoms with van der Waals surface area (Å²) in [5.74, 6) is 0.192. The normalized spacial score (nSPS) is 17.4. The fourth-order valence-corrected chi connectivity index (χ4v) is 3.44. The van der Waals surface area contributed by atoms with Crippen molar-refractivity contribution in [3.8, 4) is 0 Å². The van der Waals surface area contributed by atoms with Crippen molar-refractivity contribution in [3.05, 3.63) is 29.8 Å². The van der Waals surface area contributed by atoms with E-state index < -0.39 is 0 Å². The van der Waals surface area contributed by atoms with Crippen LogP contribution in [0.1, 0.15) is 16.8 Å². The third-order valence-corrected chi connectivity index (χ3v) is 4.96. The van der Waals surface area contributed by atoms with Crippen LogP contribution in [-0.4, -0.2) is 62.1 Å². The van der Waals surface area contributed by atoms with Crippen LogP contribution in [-0.2, 0) is 9.53 Å². The van der Waals surface area contributed by atoms with Gasteiger partial charge in [-0.1, -0.05) is 6.07 Å². The Balaban J connectivity index is 1.94. The minimum absolute atomic E-state index is 0.0601. The molecule has 0 saturated carbocycles. The van der Waals surface area contributed by atoms with Gasteiger partial charge < -0.3 is 14.5 Å². The van der Waals surface area contributed by atoms with Crippen LogP contribution in [0.4, 0.5) is 5.69 Å². The molecule has 6 heteroatoms. The summed E-state index contributed by atoms with van der Waals surface area (Å²) in [5.41, 5.74) is 1.73. The van der Waals surface area contributed by atoms with E-state index in [1.807, 2.05) is 48.2 Å². The van der Waals surface area contributed by atoms with Crippen molar-refractivity contribution in [1.29, 1.82) is 0 Å². The summed E-state index contributed by atoms with van der Waals surface area (Å²) >= 11 is 1.56. The number of nitrogens with zero attached hydrogens (tertiary/aromatic N) is 2. The van der Waals surface area contributed by atoms with Crippen LogP contribution in [0.15, 0.2) is 24.3 Å². The molecular weight excluding hydrogens is 300 g/mol. The van der Waals surface area contributed by atoms with E-state index in [-0.39, 0.29) is 11.9 Å². The third kappa shape index (κ3) is 4.16. The second-order valence-corrected chi connectivity index (χ2v) is 6.78. The summed E-state index contributed by atoms with van der Waals surface area (Å²) in [6.07, 6.45) is 0.917. The number of esters is 1. The summed E-state index contributed by atoms with van der Waals surface area (Å²) in [5, 5.41) is 0.306. The number of likely N-dealkylation sites (tertiary alicyclic amines) is 1. The second kappa shape index (κ2) is 7.54. The maximum absolute atomic E-state index is 12.6. The first kappa shape index (κ1) is 16.7. The molecule has 1 fully saturated rings. The van der Waals surface area contributed by atoms with Gasteiger partial charge >= 0.3 is 5.97 Å². The van der Waals surface area contributed by atoms with Crippen molar-refractivity contribution in [2.45, 2.75) is 11.7 Å². The Morgan fingerprint density at radius 1 is 1.41 bits per heavy atom. The molecule has 0 spiro atoms. The summed E-state index contributed by atoms with van der Waals surface area (Å²) in [6.45, 7) is 1.43. The molecule has 1 heterocycles. The minimum atomic E-state index is -0.214. The molecule has 1 amide bonds. The number of rotatable bonds is 5. The number of benzene rings is 1. The van der Waals surface area contributed by atoms with E-state index in [2.05, 4.69) is 4.74 Å². The average molecular weight is 322 g/mol. The molecular formula is C16H22N2O3S. The Bertz CT molecular complexity index is 548. The zero-order valence-electron chi connectivity index (χ0n) is 13.2. The van der Waals surface area contributed by atoms with E-state index in [9.17, 15) is 9.59 Å². The first-order valence-electron chi connectivity index (χ1n) is 7.26. The summed E-state index contributed by atoms with van der Waals surface area (Å²) < 4.78 is 4.64. The lowest BCUT2D eigenvalue weighted by Gasteiger charge is -2.18. The van der Waals surface area contributed by atoms with Gasteiger partial charge in [-0.25, -0.2) is 0 Å². The quantitative estimate of drug-likeness (QED) is 0.775. The molecule has 0 aliphatic carbocycles. The lowest BCUT2D eigenvalue weighted by Crippen LogP contribution is -2.29. The Morgan fingerprint density at radius 2 is 2.18 bits per heavy atom. The van der Waals surface area contributed by atoms with Crippen LogP contribution in [0.25, 0.3) is 0 Å². The standard InChI is InChI=1S/C16H22N2O3S/c1-17(2)13-6-4-5-12(9-13)16(20)18-8-7-14(10-18)22-11-15(19)21-3/h4-6,9,14H,7-8,10-11H2,1-3H3. The molecule has 1 aromatic rings. The van der Waals surface area contributed by atoms with Gasteiger partial charge in [0.05, 0.1) is 12.9 Å². The van der Waals surface area contributed by atoms with Gasteiger partial charge in [0.1, 0.15) is 0 Å². The molecule has 1 atom stereocenters. The predicted octanol–water partition coefficient (Wildman–Crippen LogP) is 1.87. The van der Waals surface area contributed by atoms with Crippen LogP contribution in [0.5, 0.6) is 0 Å². The highest BCUT2D eigenvalue weighted by Crippen LogP contribution is 2.24. The van der Waals surface area contributed by atoms with Crippen molar-refractivity contribution in [1.82, 2.24) is 4.90 Å². The highest BCUT2D eigenvalue weighted by molar-refractivity contribution is 8.00. The lowest BCUT2D eigenvalue weighted by atomic mass is 10.1. The van der Waals surface area contributed by atoms with Crippen LogP contribution < -0.4 is 4.90 Å². The van der Waals surface area contributed by atoms with Crippen LogP contribution in [0, 0.1) is 0 Å². The summed E-state index contributed by atoms with van der Waals surface area (Å²) in [4.78, 5) is 27.6. The highest BCUT2D eigenvalue weighted by atomic mass is 32.2. The first-order chi connectivity index (χ1) is 10.5. The number of anilines is 1. The molecule has 2 rings (SSSR count). The van der Waals surface area contributed by atoms with Gasteiger partial charge in [0.25, 0.3) is 5.91 Å². The molecule has 5 nitrogen and oxygen atoms in total. The average Bonchev–Trinajstić information content (AvgIpc) is 3.00. The molecule has 1 saturated heterocycles. The van der Waals surface area contributed by atoms with Crippen molar-refractivity contribution in [3.63, 3.8) is 0 Å². The van der Waals surface area contributed by atoms with Gasteiger partial charge in [-0.05, 0) is 24.6 Å². The van der Waals surface area contributed by atoms with E-state index in [1.54, 1.807) is 11.8 Å². The topological polar surface area (TPSA) is 49.9 Å². The van der Waals surface area contributed by atoms with Gasteiger partial charge in [-0.3, -0.25) is 9.59 Å². The number of thioether (sulfide) groups is 1. The van der Waals surface area contributed by atoms with Crippen LogP contribution in [0.3, 0.4) is 0 Å². The molecule has 1 aromatic carbocycles. The van der Waals surface area contributed by atoms with Gasteiger partial charge in [-0.2, -0.15) is 0 Å². The van der Waals surface area contributed by atoms with Gasteiger partial charge in [0.2, 0.25) is 0 Å². The summed E-state index contributed by atoms with van der Waals surface area (Å²) in [7, 11) is 5.31. The predicted molar refractivity (Wildman–Crippen MR) is 89.6 cm³/mol. The van der Waals surface area contributed by atoms with Crippen molar-refractivity contribution in [2.24, 2.45) is 0 Å². The van der Waals surface area contributed by atoms with Gasteiger partial charge in [0, 0.05) is 43.7 Å². The lowest BCUT2D eigenvalue weighted by molar-refractivity contribution is -0.137. The zero-order valence-corrected chi connectivity index (χ0v) is 14.1. The number of ether oxygens (including phenoxy) is 1. The Labute approximate surface area is 135 Å². The number of methoxy groups -OCH3 is 1. The fourth-order valence-electron chi connectivity index (χ4n) is 2.39. The first-order valence-corrected chi connectivity index (χ1v) is 8.31. The molecule has 1 unspecified atom stereocenters. The van der Waals surface area contributed by atoms with Gasteiger partial charge in [0.15, 0.2) is 0 Å². The highest BCUT2D eigenvalue weighted by Gasteiger charge is 2.27. The van der Waals surface area contributed by atoms with E-state index in [0.717, 1.165) is 18.7 Å².